The average Bonchev–Trinajstić information content (AvgIpc) is 3.43. The van der Waals surface area contributed by atoms with Crippen LogP contribution in [0.4, 0.5) is 0 Å². The molecule has 3 aromatic rings. The van der Waals surface area contributed by atoms with Gasteiger partial charge in [0.15, 0.2) is 15.8 Å². The van der Waals surface area contributed by atoms with Crippen molar-refractivity contribution < 1.29 is 23.7 Å². The topological polar surface area (TPSA) is 70.1 Å². The largest absolute Gasteiger partial charge is 0.491 e. The maximum Gasteiger partial charge on any atom is 0.231 e. The van der Waals surface area contributed by atoms with Crippen LogP contribution in [0, 0.1) is 0 Å². The molecule has 5 rings (SSSR count). The molecule has 2 aliphatic rings. The van der Waals surface area contributed by atoms with Gasteiger partial charge in [-0.15, -0.1) is 11.3 Å². The molecular formula is C22H22N2O5S2. The van der Waals surface area contributed by atoms with E-state index in [-0.39, 0.29) is 18.8 Å². The Morgan fingerprint density at radius 2 is 2.13 bits per heavy atom. The highest BCUT2D eigenvalue weighted by atomic mass is 32.2. The van der Waals surface area contributed by atoms with Crippen molar-refractivity contribution in [3.8, 4) is 17.2 Å². The van der Waals surface area contributed by atoms with Crippen molar-refractivity contribution >= 4 is 39.2 Å². The first kappa shape index (κ1) is 20.4. The highest BCUT2D eigenvalue weighted by Gasteiger charge is 2.25. The molecule has 1 aromatic heterocycles. The van der Waals surface area contributed by atoms with Crippen molar-refractivity contribution in [3.05, 3.63) is 42.5 Å². The van der Waals surface area contributed by atoms with E-state index in [2.05, 4.69) is 11.1 Å². The van der Waals surface area contributed by atoms with E-state index in [1.807, 2.05) is 41.3 Å². The highest BCUT2D eigenvalue weighted by Crippen LogP contribution is 2.35. The fourth-order valence-electron chi connectivity index (χ4n) is 3.50. The van der Waals surface area contributed by atoms with E-state index in [0.29, 0.717) is 50.0 Å². The number of hydrogen-bond donors (Lipinski definition) is 0. The Bertz CT molecular complexity index is 1040. The van der Waals surface area contributed by atoms with E-state index in [9.17, 15) is 4.79 Å². The van der Waals surface area contributed by atoms with Crippen molar-refractivity contribution in [2.75, 3.05) is 38.8 Å². The van der Waals surface area contributed by atoms with Crippen molar-refractivity contribution in [2.24, 2.45) is 0 Å². The summed E-state index contributed by atoms with van der Waals surface area (Å²) in [6, 6.07) is 13.6. The van der Waals surface area contributed by atoms with E-state index in [0.717, 1.165) is 15.6 Å². The van der Waals surface area contributed by atoms with Crippen LogP contribution >= 0.6 is 23.1 Å². The van der Waals surface area contributed by atoms with Crippen LogP contribution in [0.2, 0.25) is 0 Å². The molecule has 0 spiro atoms. The molecule has 2 aliphatic heterocycles. The van der Waals surface area contributed by atoms with Crippen molar-refractivity contribution in [1.29, 1.82) is 0 Å². The zero-order valence-electron chi connectivity index (χ0n) is 16.8. The van der Waals surface area contributed by atoms with Gasteiger partial charge in [-0.05, 0) is 24.3 Å². The number of carbonyl (C=O) groups excluding carboxylic acids is 1. The molecule has 1 fully saturated rings. The second-order valence-corrected chi connectivity index (χ2v) is 9.58. The summed E-state index contributed by atoms with van der Waals surface area (Å²) < 4.78 is 24.5. The summed E-state index contributed by atoms with van der Waals surface area (Å²) >= 11 is 3.31. The lowest BCUT2D eigenvalue weighted by Crippen LogP contribution is -2.47. The Morgan fingerprint density at radius 1 is 1.23 bits per heavy atom. The number of nitrogens with zero attached hydrogens (tertiary/aromatic N) is 2. The molecule has 31 heavy (non-hydrogen) atoms. The predicted octanol–water partition coefficient (Wildman–Crippen LogP) is 3.81. The average molecular weight is 459 g/mol. The van der Waals surface area contributed by atoms with Gasteiger partial charge in [0.25, 0.3) is 0 Å². The summed E-state index contributed by atoms with van der Waals surface area (Å²) in [5.41, 5.74) is 1.01. The van der Waals surface area contributed by atoms with Crippen LogP contribution in [0.25, 0.3) is 10.2 Å². The molecule has 7 nitrogen and oxygen atoms in total. The number of aromatic nitrogens is 1. The third-order valence-electron chi connectivity index (χ3n) is 5.09. The molecule has 0 bridgehead atoms. The number of benzene rings is 2. The predicted molar refractivity (Wildman–Crippen MR) is 119 cm³/mol. The number of thiazole rings is 1. The van der Waals surface area contributed by atoms with Gasteiger partial charge in [0.1, 0.15) is 18.5 Å². The third-order valence-corrected chi connectivity index (χ3v) is 7.27. The van der Waals surface area contributed by atoms with Gasteiger partial charge in [-0.3, -0.25) is 4.79 Å². The van der Waals surface area contributed by atoms with E-state index >= 15 is 0 Å². The van der Waals surface area contributed by atoms with Gasteiger partial charge in [-0.1, -0.05) is 23.9 Å². The SMILES string of the molecule is O=C(CCSc1nc2ccccc2s1)N1CCOC(COc2ccc3c(c2)OCO3)C1. The summed E-state index contributed by atoms with van der Waals surface area (Å²) in [5, 5.41) is 0. The second kappa shape index (κ2) is 9.33. The Hall–Kier alpha value is -2.49. The number of morpholine rings is 1. The van der Waals surface area contributed by atoms with Crippen LogP contribution < -0.4 is 14.2 Å². The molecule has 1 amide bonds. The Labute approximate surface area is 188 Å². The molecule has 0 N–H and O–H groups in total. The molecule has 2 aromatic carbocycles. The van der Waals surface area contributed by atoms with Crippen LogP contribution in [0.1, 0.15) is 6.42 Å². The van der Waals surface area contributed by atoms with Crippen LogP contribution in [-0.2, 0) is 9.53 Å². The van der Waals surface area contributed by atoms with Gasteiger partial charge in [0.2, 0.25) is 12.7 Å². The smallest absolute Gasteiger partial charge is 0.231 e. The zero-order chi connectivity index (χ0) is 21.0. The quantitative estimate of drug-likeness (QED) is 0.499. The lowest BCUT2D eigenvalue weighted by atomic mass is 10.2. The fourth-order valence-corrected chi connectivity index (χ4v) is 5.57. The van der Waals surface area contributed by atoms with Crippen LogP contribution in [0.5, 0.6) is 17.2 Å². The first-order chi connectivity index (χ1) is 15.2. The number of thioether (sulfide) groups is 1. The molecule has 3 heterocycles. The number of para-hydroxylation sites is 1. The first-order valence-electron chi connectivity index (χ1n) is 10.1. The van der Waals surface area contributed by atoms with Gasteiger partial charge in [-0.2, -0.15) is 0 Å². The maximum atomic E-state index is 12.7. The fraction of sp³-hybridized carbons (Fsp3) is 0.364. The van der Waals surface area contributed by atoms with Crippen molar-refractivity contribution in [2.45, 2.75) is 16.9 Å². The lowest BCUT2D eigenvalue weighted by molar-refractivity contribution is -0.139. The summed E-state index contributed by atoms with van der Waals surface area (Å²) in [7, 11) is 0. The monoisotopic (exact) mass is 458 g/mol. The third kappa shape index (κ3) is 4.89. The number of rotatable bonds is 7. The number of ether oxygens (including phenoxy) is 4. The Morgan fingerprint density at radius 3 is 3.06 bits per heavy atom. The molecule has 162 valence electrons. The van der Waals surface area contributed by atoms with E-state index in [1.54, 1.807) is 23.1 Å². The normalized spacial score (nSPS) is 17.8. The van der Waals surface area contributed by atoms with E-state index in [4.69, 9.17) is 18.9 Å². The molecule has 1 saturated heterocycles. The molecular weight excluding hydrogens is 436 g/mol. The first-order valence-corrected chi connectivity index (χ1v) is 11.9. The zero-order valence-corrected chi connectivity index (χ0v) is 18.5. The van der Waals surface area contributed by atoms with Crippen LogP contribution in [-0.4, -0.2) is 60.7 Å². The van der Waals surface area contributed by atoms with Gasteiger partial charge < -0.3 is 23.8 Å². The second-order valence-electron chi connectivity index (χ2n) is 7.20. The standard InChI is InChI=1S/C22H22N2O5S2/c25-21(7-10-30-22-23-17-3-1-2-4-20(17)31-22)24-8-9-26-16(12-24)13-27-15-5-6-18-19(11-15)29-14-28-18/h1-6,11,16H,7-10,12-14H2. The minimum Gasteiger partial charge on any atom is -0.491 e. The van der Waals surface area contributed by atoms with Gasteiger partial charge >= 0.3 is 0 Å². The lowest BCUT2D eigenvalue weighted by Gasteiger charge is -2.33. The minimum atomic E-state index is -0.153. The number of carbonyl (C=O) groups is 1. The van der Waals surface area contributed by atoms with Gasteiger partial charge in [0, 0.05) is 24.8 Å². The molecule has 0 aliphatic carbocycles. The highest BCUT2D eigenvalue weighted by molar-refractivity contribution is 8.01. The maximum absolute atomic E-state index is 12.7. The van der Waals surface area contributed by atoms with Gasteiger partial charge in [-0.25, -0.2) is 4.98 Å². The van der Waals surface area contributed by atoms with Crippen molar-refractivity contribution in [3.63, 3.8) is 0 Å². The molecule has 1 unspecified atom stereocenters. The summed E-state index contributed by atoms with van der Waals surface area (Å²) in [5.74, 6) is 2.97. The van der Waals surface area contributed by atoms with E-state index < -0.39 is 0 Å². The molecule has 9 heteroatoms. The summed E-state index contributed by atoms with van der Waals surface area (Å²) in [6.45, 7) is 2.29. The summed E-state index contributed by atoms with van der Waals surface area (Å²) in [4.78, 5) is 19.2. The Kier molecular flexibility index (Phi) is 6.15. The summed E-state index contributed by atoms with van der Waals surface area (Å²) in [6.07, 6.45) is 0.330. The van der Waals surface area contributed by atoms with Crippen LogP contribution in [0.15, 0.2) is 46.8 Å². The molecule has 0 radical (unpaired) electrons. The Balaban J connectivity index is 1.08. The van der Waals surface area contributed by atoms with E-state index in [1.165, 1.54) is 4.70 Å². The van der Waals surface area contributed by atoms with Gasteiger partial charge in [0.05, 0.1) is 23.4 Å². The minimum absolute atomic E-state index is 0.144. The number of fused-ring (bicyclic) bond motifs is 2. The number of amides is 1. The molecule has 0 saturated carbocycles. The number of hydrogen-bond acceptors (Lipinski definition) is 8. The van der Waals surface area contributed by atoms with Crippen molar-refractivity contribution in [1.82, 2.24) is 9.88 Å². The van der Waals surface area contributed by atoms with Crippen LogP contribution in [0.3, 0.4) is 0 Å². The molecule has 1 atom stereocenters.